The van der Waals surface area contributed by atoms with Crippen LogP contribution in [0.5, 0.6) is 0 Å². The number of rotatable bonds is 7. The number of nitrogens with zero attached hydrogens (tertiary/aromatic N) is 2. The van der Waals surface area contributed by atoms with E-state index in [-0.39, 0.29) is 11.9 Å². The summed E-state index contributed by atoms with van der Waals surface area (Å²) in [5.74, 6) is 0.578. The average Bonchev–Trinajstić information content (AvgIpc) is 2.64. The molecule has 0 aliphatic carbocycles. The lowest BCUT2D eigenvalue weighted by Crippen LogP contribution is -2.50. The summed E-state index contributed by atoms with van der Waals surface area (Å²) >= 11 is 0. The maximum atomic E-state index is 13.1. The zero-order chi connectivity index (χ0) is 18.9. The molecule has 0 aromatic heterocycles. The van der Waals surface area contributed by atoms with Crippen LogP contribution in [-0.2, 0) is 4.74 Å². The molecule has 1 unspecified atom stereocenters. The molecule has 1 aromatic carbocycles. The Kier molecular flexibility index (Phi) is 8.32. The number of hydrogen-bond donors (Lipinski definition) is 2. The van der Waals surface area contributed by atoms with Gasteiger partial charge in [0.05, 0.1) is 6.54 Å². The van der Waals surface area contributed by atoms with Gasteiger partial charge in [-0.05, 0) is 51.3 Å². The van der Waals surface area contributed by atoms with Gasteiger partial charge in [-0.3, -0.25) is 4.99 Å². The lowest BCUT2D eigenvalue weighted by molar-refractivity contribution is 0.110. The van der Waals surface area contributed by atoms with Crippen molar-refractivity contribution in [2.75, 3.05) is 33.3 Å². The normalized spacial score (nSPS) is 18.2. The maximum absolute atomic E-state index is 13.1. The number of halogens is 1. The van der Waals surface area contributed by atoms with E-state index in [4.69, 9.17) is 9.73 Å². The van der Waals surface area contributed by atoms with Crippen LogP contribution in [0.15, 0.2) is 29.3 Å². The summed E-state index contributed by atoms with van der Waals surface area (Å²) in [6, 6.07) is 7.46. The molecule has 5 nitrogen and oxygen atoms in total. The third-order valence-electron chi connectivity index (χ3n) is 4.89. The Bertz CT molecular complexity index is 553. The van der Waals surface area contributed by atoms with Gasteiger partial charge >= 0.3 is 0 Å². The highest BCUT2D eigenvalue weighted by Gasteiger charge is 2.21. The van der Waals surface area contributed by atoms with E-state index in [1.165, 1.54) is 12.1 Å². The lowest BCUT2D eigenvalue weighted by atomic mass is 10.0. The number of aliphatic imine (C=N–C) groups is 1. The molecular weight excluding hydrogens is 331 g/mol. The Morgan fingerprint density at radius 3 is 2.46 bits per heavy atom. The second kappa shape index (κ2) is 10.5. The van der Waals surface area contributed by atoms with Crippen LogP contribution in [0.2, 0.25) is 0 Å². The van der Waals surface area contributed by atoms with Gasteiger partial charge in [0.25, 0.3) is 0 Å². The van der Waals surface area contributed by atoms with E-state index < -0.39 is 0 Å². The van der Waals surface area contributed by atoms with E-state index in [9.17, 15) is 4.39 Å². The van der Waals surface area contributed by atoms with E-state index in [0.29, 0.717) is 18.6 Å². The van der Waals surface area contributed by atoms with Crippen LogP contribution in [0.25, 0.3) is 0 Å². The summed E-state index contributed by atoms with van der Waals surface area (Å²) in [5.41, 5.74) is 0.929. The minimum atomic E-state index is -0.241. The highest BCUT2D eigenvalue weighted by Crippen LogP contribution is 2.17. The lowest BCUT2D eigenvalue weighted by Gasteiger charge is -2.35. The molecule has 0 spiro atoms. The monoisotopic (exact) mass is 364 g/mol. The molecule has 6 heteroatoms. The van der Waals surface area contributed by atoms with Crippen molar-refractivity contribution in [2.24, 2.45) is 4.99 Å². The summed E-state index contributed by atoms with van der Waals surface area (Å²) in [6.45, 7) is 10.1. The number of ether oxygens (including phenoxy) is 1. The molecule has 1 saturated heterocycles. The third-order valence-corrected chi connectivity index (χ3v) is 4.89. The minimum Gasteiger partial charge on any atom is -0.375 e. The standard InChI is InChI=1S/C20H33FN4O/c1-5-22-20(24-18-10-12-25(13-11-18)15(2)3)23-14-19(26-4)16-6-8-17(21)9-7-16/h6-9,15,18-19H,5,10-14H2,1-4H3,(H2,22,23,24). The zero-order valence-corrected chi connectivity index (χ0v) is 16.5. The predicted molar refractivity (Wildman–Crippen MR) is 105 cm³/mol. The topological polar surface area (TPSA) is 48.9 Å². The van der Waals surface area contributed by atoms with Gasteiger partial charge in [-0.1, -0.05) is 12.1 Å². The molecule has 0 saturated carbocycles. The summed E-state index contributed by atoms with van der Waals surface area (Å²) in [4.78, 5) is 7.21. The second-order valence-electron chi connectivity index (χ2n) is 7.04. The van der Waals surface area contributed by atoms with E-state index in [2.05, 4.69) is 36.3 Å². The molecule has 2 N–H and O–H groups in total. The van der Waals surface area contributed by atoms with Crippen molar-refractivity contribution in [1.82, 2.24) is 15.5 Å². The Morgan fingerprint density at radius 1 is 1.27 bits per heavy atom. The summed E-state index contributed by atoms with van der Waals surface area (Å²) in [6.07, 6.45) is 2.05. The largest absolute Gasteiger partial charge is 0.375 e. The smallest absolute Gasteiger partial charge is 0.191 e. The van der Waals surface area contributed by atoms with Gasteiger partial charge in [-0.2, -0.15) is 0 Å². The quantitative estimate of drug-likeness (QED) is 0.577. The van der Waals surface area contributed by atoms with Crippen LogP contribution in [0.4, 0.5) is 4.39 Å². The van der Waals surface area contributed by atoms with Crippen molar-refractivity contribution in [3.8, 4) is 0 Å². The maximum Gasteiger partial charge on any atom is 0.191 e. The molecule has 1 aliphatic heterocycles. The van der Waals surface area contributed by atoms with Gasteiger partial charge in [-0.15, -0.1) is 0 Å². The first-order chi connectivity index (χ1) is 12.5. The molecule has 0 radical (unpaired) electrons. The highest BCUT2D eigenvalue weighted by atomic mass is 19.1. The average molecular weight is 365 g/mol. The van der Waals surface area contributed by atoms with Gasteiger partial charge in [-0.25, -0.2) is 4.39 Å². The number of guanidine groups is 1. The summed E-state index contributed by atoms with van der Waals surface area (Å²) < 4.78 is 18.7. The van der Waals surface area contributed by atoms with Gasteiger partial charge in [0, 0.05) is 38.8 Å². The molecule has 1 fully saturated rings. The Balaban J connectivity index is 1.94. The molecule has 26 heavy (non-hydrogen) atoms. The fourth-order valence-corrected chi connectivity index (χ4v) is 3.24. The van der Waals surface area contributed by atoms with Gasteiger partial charge in [0.15, 0.2) is 5.96 Å². The van der Waals surface area contributed by atoms with Crippen molar-refractivity contribution in [3.63, 3.8) is 0 Å². The van der Waals surface area contributed by atoms with E-state index in [1.54, 1.807) is 19.2 Å². The van der Waals surface area contributed by atoms with Gasteiger partial charge < -0.3 is 20.3 Å². The summed E-state index contributed by atoms with van der Waals surface area (Å²) in [5, 5.41) is 6.87. The minimum absolute atomic E-state index is 0.186. The van der Waals surface area contributed by atoms with Crippen molar-refractivity contribution >= 4 is 5.96 Å². The van der Waals surface area contributed by atoms with Crippen molar-refractivity contribution in [2.45, 2.75) is 51.8 Å². The molecule has 0 bridgehead atoms. The highest BCUT2D eigenvalue weighted by molar-refractivity contribution is 5.80. The second-order valence-corrected chi connectivity index (χ2v) is 7.04. The molecule has 2 rings (SSSR count). The molecular formula is C20H33FN4O. The molecule has 1 aromatic rings. The molecule has 1 aliphatic rings. The third kappa shape index (κ3) is 6.25. The number of nitrogens with one attached hydrogen (secondary N) is 2. The van der Waals surface area contributed by atoms with Crippen LogP contribution in [0, 0.1) is 5.82 Å². The summed E-state index contributed by atoms with van der Waals surface area (Å²) in [7, 11) is 1.66. The van der Waals surface area contributed by atoms with E-state index in [1.807, 2.05) is 0 Å². The predicted octanol–water partition coefficient (Wildman–Crippen LogP) is 2.94. The van der Waals surface area contributed by atoms with Crippen molar-refractivity contribution in [3.05, 3.63) is 35.6 Å². The number of hydrogen-bond acceptors (Lipinski definition) is 3. The number of piperidine rings is 1. The van der Waals surface area contributed by atoms with Crippen LogP contribution in [-0.4, -0.2) is 56.2 Å². The molecule has 0 amide bonds. The van der Waals surface area contributed by atoms with Crippen molar-refractivity contribution < 1.29 is 9.13 Å². The SMILES string of the molecule is CCNC(=NCC(OC)c1ccc(F)cc1)NC1CCN(C(C)C)CC1. The Hall–Kier alpha value is -1.66. The number of methoxy groups -OCH3 is 1. The molecule has 1 heterocycles. The zero-order valence-electron chi connectivity index (χ0n) is 16.5. The van der Waals surface area contributed by atoms with Crippen LogP contribution < -0.4 is 10.6 Å². The van der Waals surface area contributed by atoms with E-state index in [0.717, 1.165) is 44.0 Å². The van der Waals surface area contributed by atoms with Gasteiger partial charge in [0.1, 0.15) is 11.9 Å². The van der Waals surface area contributed by atoms with E-state index >= 15 is 0 Å². The Morgan fingerprint density at radius 2 is 1.92 bits per heavy atom. The van der Waals surface area contributed by atoms with Crippen LogP contribution >= 0.6 is 0 Å². The van der Waals surface area contributed by atoms with Crippen LogP contribution in [0.3, 0.4) is 0 Å². The first-order valence-electron chi connectivity index (χ1n) is 9.60. The fraction of sp³-hybridized carbons (Fsp3) is 0.650. The van der Waals surface area contributed by atoms with Crippen molar-refractivity contribution in [1.29, 1.82) is 0 Å². The van der Waals surface area contributed by atoms with Gasteiger partial charge in [0.2, 0.25) is 0 Å². The fourth-order valence-electron chi connectivity index (χ4n) is 3.24. The first kappa shape index (κ1) is 20.6. The Labute approximate surface area is 157 Å². The number of benzene rings is 1. The molecule has 146 valence electrons. The molecule has 1 atom stereocenters. The van der Waals surface area contributed by atoms with Crippen LogP contribution in [0.1, 0.15) is 45.3 Å². The first-order valence-corrected chi connectivity index (χ1v) is 9.60. The number of likely N-dealkylation sites (tertiary alicyclic amines) is 1.